The van der Waals surface area contributed by atoms with E-state index in [2.05, 4.69) is 5.10 Å². The van der Waals surface area contributed by atoms with E-state index in [1.54, 1.807) is 12.4 Å². The number of hydrogen-bond donors (Lipinski definition) is 0. The van der Waals surface area contributed by atoms with Crippen LogP contribution in [0.4, 0.5) is 0 Å². The fourth-order valence-corrected chi connectivity index (χ4v) is 0.867. The molecule has 1 heterocycles. The van der Waals surface area contributed by atoms with Crippen molar-refractivity contribution < 1.29 is 0 Å². The van der Waals surface area contributed by atoms with E-state index < -0.39 is 4.87 Å². The second-order valence-electron chi connectivity index (χ2n) is 2.42. The highest BCUT2D eigenvalue weighted by Gasteiger charge is 2.24. The van der Waals surface area contributed by atoms with Crippen LogP contribution in [0.1, 0.15) is 13.8 Å². The van der Waals surface area contributed by atoms with Gasteiger partial charge in [0.1, 0.15) is 4.87 Å². The molecule has 0 radical (unpaired) electrons. The molecule has 2 nitrogen and oxygen atoms in total. The zero-order valence-corrected chi connectivity index (χ0v) is 7.32. The molecule has 4 heteroatoms. The van der Waals surface area contributed by atoms with Gasteiger partial charge in [0.05, 0.1) is 6.21 Å². The summed E-state index contributed by atoms with van der Waals surface area (Å²) >= 11 is 11.5. The SMILES string of the molecule is CC1=CN(Cl)N=CC1(C)Cl. The summed E-state index contributed by atoms with van der Waals surface area (Å²) in [5.74, 6) is 0. The number of hydrazone groups is 1. The predicted octanol–water partition coefficient (Wildman–Crippen LogP) is 2.34. The van der Waals surface area contributed by atoms with Gasteiger partial charge in [-0.05, 0) is 19.4 Å². The van der Waals surface area contributed by atoms with Gasteiger partial charge in [0, 0.05) is 18.0 Å². The van der Waals surface area contributed by atoms with Crippen molar-refractivity contribution in [3.8, 4) is 0 Å². The quantitative estimate of drug-likeness (QED) is 0.411. The van der Waals surface area contributed by atoms with Crippen molar-refractivity contribution in [2.45, 2.75) is 18.7 Å². The lowest BCUT2D eigenvalue weighted by Gasteiger charge is -2.23. The van der Waals surface area contributed by atoms with E-state index in [4.69, 9.17) is 23.4 Å². The molecule has 0 saturated carbocycles. The first-order valence-electron chi connectivity index (χ1n) is 2.90. The monoisotopic (exact) mass is 178 g/mol. The minimum Gasteiger partial charge on any atom is -0.180 e. The lowest BCUT2D eigenvalue weighted by atomic mass is 10.0. The third-order valence-corrected chi connectivity index (χ3v) is 2.06. The van der Waals surface area contributed by atoms with E-state index in [0.29, 0.717) is 0 Å². The maximum absolute atomic E-state index is 5.98. The molecule has 0 saturated heterocycles. The first-order valence-corrected chi connectivity index (χ1v) is 3.62. The summed E-state index contributed by atoms with van der Waals surface area (Å²) in [5, 5.41) is 3.80. The molecule has 1 aliphatic heterocycles. The molecule has 0 spiro atoms. The van der Waals surface area contributed by atoms with Crippen LogP contribution < -0.4 is 0 Å². The van der Waals surface area contributed by atoms with Gasteiger partial charge < -0.3 is 0 Å². The van der Waals surface area contributed by atoms with Crippen molar-refractivity contribution in [1.82, 2.24) is 4.53 Å². The van der Waals surface area contributed by atoms with Crippen LogP contribution in [0, 0.1) is 0 Å². The summed E-state index contributed by atoms with van der Waals surface area (Å²) in [4.78, 5) is -0.467. The van der Waals surface area contributed by atoms with Gasteiger partial charge in [-0.1, -0.05) is 0 Å². The van der Waals surface area contributed by atoms with E-state index in [1.807, 2.05) is 13.8 Å². The van der Waals surface area contributed by atoms with Gasteiger partial charge in [-0.15, -0.1) is 11.6 Å². The number of halogens is 2. The highest BCUT2D eigenvalue weighted by molar-refractivity contribution is 6.34. The van der Waals surface area contributed by atoms with Gasteiger partial charge in [0.2, 0.25) is 0 Å². The van der Waals surface area contributed by atoms with Gasteiger partial charge in [0.15, 0.2) is 0 Å². The molecule has 56 valence electrons. The number of hydrogen-bond acceptors (Lipinski definition) is 2. The van der Waals surface area contributed by atoms with Gasteiger partial charge in [0.25, 0.3) is 0 Å². The van der Waals surface area contributed by atoms with Crippen LogP contribution in [0.5, 0.6) is 0 Å². The second kappa shape index (κ2) is 2.44. The lowest BCUT2D eigenvalue weighted by molar-refractivity contribution is 0.622. The summed E-state index contributed by atoms with van der Waals surface area (Å²) in [7, 11) is 0. The summed E-state index contributed by atoms with van der Waals surface area (Å²) in [6.45, 7) is 3.78. The molecule has 1 unspecified atom stereocenters. The Labute approximate surface area is 70.2 Å². The van der Waals surface area contributed by atoms with Crippen molar-refractivity contribution in [2.24, 2.45) is 5.10 Å². The second-order valence-corrected chi connectivity index (χ2v) is 3.55. The Morgan fingerprint density at radius 1 is 1.70 bits per heavy atom. The number of allylic oxidation sites excluding steroid dienone is 1. The van der Waals surface area contributed by atoms with Crippen LogP contribution in [0.25, 0.3) is 0 Å². The molecule has 0 aliphatic carbocycles. The van der Waals surface area contributed by atoms with Gasteiger partial charge in [-0.25, -0.2) is 0 Å². The van der Waals surface area contributed by atoms with Crippen LogP contribution >= 0.6 is 23.4 Å². The zero-order valence-electron chi connectivity index (χ0n) is 5.81. The van der Waals surface area contributed by atoms with E-state index in [0.717, 1.165) is 5.57 Å². The first kappa shape index (κ1) is 7.89. The Balaban J connectivity index is 2.87. The van der Waals surface area contributed by atoms with E-state index >= 15 is 0 Å². The van der Waals surface area contributed by atoms with Crippen molar-refractivity contribution in [3.05, 3.63) is 11.8 Å². The Morgan fingerprint density at radius 3 is 2.70 bits per heavy atom. The van der Waals surface area contributed by atoms with Crippen molar-refractivity contribution in [3.63, 3.8) is 0 Å². The van der Waals surface area contributed by atoms with Crippen molar-refractivity contribution in [1.29, 1.82) is 0 Å². The van der Waals surface area contributed by atoms with Crippen LogP contribution in [0.2, 0.25) is 0 Å². The third-order valence-electron chi connectivity index (χ3n) is 1.48. The molecule has 0 bridgehead atoms. The lowest BCUT2D eigenvalue weighted by Crippen LogP contribution is -2.25. The van der Waals surface area contributed by atoms with Gasteiger partial charge >= 0.3 is 0 Å². The largest absolute Gasteiger partial charge is 0.180 e. The average Bonchev–Trinajstić information content (AvgIpc) is 1.81. The van der Waals surface area contributed by atoms with Crippen molar-refractivity contribution in [2.75, 3.05) is 0 Å². The summed E-state index contributed by atoms with van der Waals surface area (Å²) < 4.78 is 1.22. The van der Waals surface area contributed by atoms with E-state index in [9.17, 15) is 0 Å². The molecular formula is C6H8Cl2N2. The fourth-order valence-electron chi connectivity index (χ4n) is 0.585. The maximum atomic E-state index is 5.98. The van der Waals surface area contributed by atoms with Crippen LogP contribution in [-0.4, -0.2) is 15.6 Å². The standard InChI is InChI=1S/C6H8Cl2N2/c1-5-3-10(8)9-4-6(5,2)7/h3-4H,1-2H3. The molecule has 0 amide bonds. The molecule has 0 fully saturated rings. The first-order chi connectivity index (χ1) is 4.52. The Bertz CT molecular complexity index is 196. The maximum Gasteiger partial charge on any atom is 0.101 e. The zero-order chi connectivity index (χ0) is 7.78. The van der Waals surface area contributed by atoms with Crippen molar-refractivity contribution >= 4 is 29.6 Å². The summed E-state index contributed by atoms with van der Waals surface area (Å²) in [6.07, 6.45) is 3.30. The van der Waals surface area contributed by atoms with Gasteiger partial charge in [-0.2, -0.15) is 9.63 Å². The molecule has 1 aliphatic rings. The average molecular weight is 179 g/mol. The van der Waals surface area contributed by atoms with Crippen LogP contribution in [-0.2, 0) is 0 Å². The normalized spacial score (nSPS) is 32.4. The summed E-state index contributed by atoms with van der Waals surface area (Å²) in [5.41, 5.74) is 0.985. The fraction of sp³-hybridized carbons (Fsp3) is 0.500. The highest BCUT2D eigenvalue weighted by atomic mass is 35.5. The Kier molecular flexibility index (Phi) is 1.92. The van der Waals surface area contributed by atoms with E-state index in [-0.39, 0.29) is 0 Å². The van der Waals surface area contributed by atoms with E-state index in [1.165, 1.54) is 4.53 Å². The minimum atomic E-state index is -0.467. The molecule has 0 aromatic heterocycles. The highest BCUT2D eigenvalue weighted by Crippen LogP contribution is 2.26. The third kappa shape index (κ3) is 1.44. The topological polar surface area (TPSA) is 15.6 Å². The molecule has 0 aromatic carbocycles. The molecule has 0 aromatic rings. The Morgan fingerprint density at radius 2 is 2.30 bits per heavy atom. The van der Waals surface area contributed by atoms with Gasteiger partial charge in [-0.3, -0.25) is 0 Å². The number of alkyl halides is 1. The number of nitrogens with zero attached hydrogens (tertiary/aromatic N) is 2. The van der Waals surface area contributed by atoms with Crippen LogP contribution in [0.15, 0.2) is 16.9 Å². The summed E-state index contributed by atoms with van der Waals surface area (Å²) in [6, 6.07) is 0. The molecule has 0 N–H and O–H groups in total. The number of rotatable bonds is 0. The molecule has 1 atom stereocenters. The molecular weight excluding hydrogens is 171 g/mol. The minimum absolute atomic E-state index is 0.467. The Hall–Kier alpha value is -0.210. The van der Waals surface area contributed by atoms with Crippen LogP contribution in [0.3, 0.4) is 0 Å². The smallest absolute Gasteiger partial charge is 0.101 e. The molecule has 1 rings (SSSR count). The molecule has 10 heavy (non-hydrogen) atoms. The predicted molar refractivity (Wildman–Crippen MR) is 44.2 cm³/mol.